The van der Waals surface area contributed by atoms with Crippen molar-refractivity contribution in [1.82, 2.24) is 25.1 Å². The van der Waals surface area contributed by atoms with Crippen LogP contribution in [0.5, 0.6) is 0 Å². The highest BCUT2D eigenvalue weighted by atomic mass is 16.1. The number of nitrogens with one attached hydrogen (secondary N) is 2. The van der Waals surface area contributed by atoms with Gasteiger partial charge in [-0.15, -0.1) is 0 Å². The zero-order valence-electron chi connectivity index (χ0n) is 23.5. The molecular weight excluding hydrogens is 484 g/mol. The van der Waals surface area contributed by atoms with Crippen LogP contribution in [0, 0.1) is 0 Å². The minimum atomic E-state index is 0.162. The maximum atomic E-state index is 12.5. The minimum absolute atomic E-state index is 0.162. The first-order chi connectivity index (χ1) is 19.2. The number of hydrogen-bond acceptors (Lipinski definition) is 6. The van der Waals surface area contributed by atoms with Gasteiger partial charge < -0.3 is 20.4 Å². The van der Waals surface area contributed by atoms with Crippen LogP contribution in [0.25, 0.3) is 22.2 Å². The SMILES string of the molecule is CCN1CCC(NC(=O)CCc2ccc(-c3cc(NCCCN4CCCCC4)c4cnccc4n3)cc2)CC1. The zero-order chi connectivity index (χ0) is 26.9. The first-order valence-corrected chi connectivity index (χ1v) is 15.0. The summed E-state index contributed by atoms with van der Waals surface area (Å²) in [5.74, 6) is 0.162. The summed E-state index contributed by atoms with van der Waals surface area (Å²) in [6.07, 6.45) is 12.3. The van der Waals surface area contributed by atoms with Gasteiger partial charge in [0.1, 0.15) is 0 Å². The Hall–Kier alpha value is -3.03. The number of nitrogens with zero attached hydrogens (tertiary/aromatic N) is 4. The fourth-order valence-corrected chi connectivity index (χ4v) is 5.86. The molecule has 1 aromatic carbocycles. The van der Waals surface area contributed by atoms with Crippen LogP contribution in [-0.4, -0.2) is 77.5 Å². The second-order valence-corrected chi connectivity index (χ2v) is 11.1. The molecule has 0 spiro atoms. The number of rotatable bonds is 11. The molecule has 5 rings (SSSR count). The molecule has 39 heavy (non-hydrogen) atoms. The molecule has 0 atom stereocenters. The number of likely N-dealkylation sites (tertiary alicyclic amines) is 2. The third-order valence-corrected chi connectivity index (χ3v) is 8.32. The van der Waals surface area contributed by atoms with Gasteiger partial charge in [0, 0.05) is 61.1 Å². The van der Waals surface area contributed by atoms with Gasteiger partial charge in [-0.3, -0.25) is 9.78 Å². The second kappa shape index (κ2) is 13.9. The number of carbonyl (C=O) groups excluding carboxylic acids is 1. The number of hydrogen-bond donors (Lipinski definition) is 2. The number of amides is 1. The Labute approximate surface area is 233 Å². The van der Waals surface area contributed by atoms with Gasteiger partial charge in [0.2, 0.25) is 5.91 Å². The molecule has 1 amide bonds. The van der Waals surface area contributed by atoms with E-state index in [-0.39, 0.29) is 5.91 Å². The van der Waals surface area contributed by atoms with Gasteiger partial charge in [0.05, 0.1) is 11.2 Å². The standard InChI is InChI=1S/C32H44N6O/c1-2-37-21-14-27(15-22-37)35-32(39)12-9-25-7-10-26(11-8-25)30-23-31(28-24-33-17-13-29(28)36-30)34-16-6-20-38-18-4-3-5-19-38/h7-8,10-11,13,17,23-24,27H,2-6,9,12,14-16,18-22H2,1H3,(H,34,36)(H,35,39). The molecule has 0 radical (unpaired) electrons. The maximum Gasteiger partial charge on any atom is 0.220 e. The zero-order valence-corrected chi connectivity index (χ0v) is 23.5. The molecule has 4 heterocycles. The molecule has 2 N–H and O–H groups in total. The first kappa shape index (κ1) is 27.5. The van der Waals surface area contributed by atoms with E-state index in [1.807, 2.05) is 12.3 Å². The third kappa shape index (κ3) is 7.76. The largest absolute Gasteiger partial charge is 0.384 e. The van der Waals surface area contributed by atoms with Gasteiger partial charge in [0.15, 0.2) is 0 Å². The van der Waals surface area contributed by atoms with E-state index in [1.54, 1.807) is 6.20 Å². The number of pyridine rings is 2. The number of fused-ring (bicyclic) bond motifs is 1. The van der Waals surface area contributed by atoms with Crippen molar-refractivity contribution in [3.63, 3.8) is 0 Å². The number of aryl methyl sites for hydroxylation is 1. The van der Waals surface area contributed by atoms with Gasteiger partial charge in [-0.25, -0.2) is 4.98 Å². The maximum absolute atomic E-state index is 12.5. The Kier molecular flexibility index (Phi) is 9.78. The fourth-order valence-electron chi connectivity index (χ4n) is 5.86. The molecule has 0 unspecified atom stereocenters. The Morgan fingerprint density at radius 3 is 2.56 bits per heavy atom. The Morgan fingerprint density at radius 1 is 1.00 bits per heavy atom. The van der Waals surface area contributed by atoms with Gasteiger partial charge in [0.25, 0.3) is 0 Å². The molecule has 3 aromatic rings. The van der Waals surface area contributed by atoms with E-state index in [1.165, 1.54) is 37.9 Å². The van der Waals surface area contributed by atoms with Crippen molar-refractivity contribution in [2.75, 3.05) is 51.1 Å². The van der Waals surface area contributed by atoms with Crippen LogP contribution < -0.4 is 10.6 Å². The second-order valence-electron chi connectivity index (χ2n) is 11.1. The summed E-state index contributed by atoms with van der Waals surface area (Å²) in [6, 6.07) is 13.0. The van der Waals surface area contributed by atoms with Crippen molar-refractivity contribution in [3.8, 4) is 11.3 Å². The van der Waals surface area contributed by atoms with Crippen LogP contribution in [0.15, 0.2) is 48.8 Å². The molecule has 2 saturated heterocycles. The van der Waals surface area contributed by atoms with Crippen molar-refractivity contribution < 1.29 is 4.79 Å². The van der Waals surface area contributed by atoms with Crippen molar-refractivity contribution in [2.24, 2.45) is 0 Å². The molecule has 0 saturated carbocycles. The quantitative estimate of drug-likeness (QED) is 0.337. The van der Waals surface area contributed by atoms with E-state index in [0.717, 1.165) is 86.3 Å². The van der Waals surface area contributed by atoms with Crippen LogP contribution >= 0.6 is 0 Å². The molecule has 7 nitrogen and oxygen atoms in total. The van der Waals surface area contributed by atoms with E-state index in [2.05, 4.69) is 62.7 Å². The van der Waals surface area contributed by atoms with E-state index in [9.17, 15) is 4.79 Å². The third-order valence-electron chi connectivity index (χ3n) is 8.32. The van der Waals surface area contributed by atoms with E-state index >= 15 is 0 Å². The van der Waals surface area contributed by atoms with E-state index in [0.29, 0.717) is 12.5 Å². The number of piperidine rings is 2. The predicted molar refractivity (Wildman–Crippen MR) is 160 cm³/mol. The van der Waals surface area contributed by atoms with Crippen molar-refractivity contribution >= 4 is 22.5 Å². The average molecular weight is 529 g/mol. The lowest BCUT2D eigenvalue weighted by molar-refractivity contribution is -0.122. The number of anilines is 1. The van der Waals surface area contributed by atoms with Crippen LogP contribution in [0.3, 0.4) is 0 Å². The smallest absolute Gasteiger partial charge is 0.220 e. The average Bonchev–Trinajstić information content (AvgIpc) is 2.99. The highest BCUT2D eigenvalue weighted by Crippen LogP contribution is 2.28. The molecule has 208 valence electrons. The van der Waals surface area contributed by atoms with Crippen LogP contribution in [0.1, 0.15) is 57.4 Å². The van der Waals surface area contributed by atoms with Crippen LogP contribution in [0.2, 0.25) is 0 Å². The number of aromatic nitrogens is 2. The van der Waals surface area contributed by atoms with Gasteiger partial charge >= 0.3 is 0 Å². The summed E-state index contributed by atoms with van der Waals surface area (Å²) < 4.78 is 0. The molecule has 0 aliphatic carbocycles. The fraction of sp³-hybridized carbons (Fsp3) is 0.531. The summed E-state index contributed by atoms with van der Waals surface area (Å²) in [5.41, 5.74) is 5.26. The Bertz CT molecular complexity index is 1200. The van der Waals surface area contributed by atoms with Gasteiger partial charge in [-0.1, -0.05) is 37.6 Å². The first-order valence-electron chi connectivity index (χ1n) is 15.0. The monoisotopic (exact) mass is 528 g/mol. The summed E-state index contributed by atoms with van der Waals surface area (Å²) >= 11 is 0. The molecule has 2 aromatic heterocycles. The van der Waals surface area contributed by atoms with Crippen molar-refractivity contribution in [3.05, 3.63) is 54.4 Å². The normalized spacial score (nSPS) is 17.4. The lowest BCUT2D eigenvalue weighted by Crippen LogP contribution is -2.44. The van der Waals surface area contributed by atoms with Crippen LogP contribution in [-0.2, 0) is 11.2 Å². The molecule has 0 bridgehead atoms. The minimum Gasteiger partial charge on any atom is -0.384 e. The lowest BCUT2D eigenvalue weighted by Gasteiger charge is -2.31. The van der Waals surface area contributed by atoms with Gasteiger partial charge in [-0.2, -0.15) is 0 Å². The summed E-state index contributed by atoms with van der Waals surface area (Å²) in [6.45, 7) is 10.0. The summed E-state index contributed by atoms with van der Waals surface area (Å²) in [4.78, 5) is 26.8. The highest BCUT2D eigenvalue weighted by Gasteiger charge is 2.19. The van der Waals surface area contributed by atoms with E-state index < -0.39 is 0 Å². The Balaban J connectivity index is 1.16. The van der Waals surface area contributed by atoms with Crippen LogP contribution in [0.4, 0.5) is 5.69 Å². The van der Waals surface area contributed by atoms with Crippen molar-refractivity contribution in [2.45, 2.75) is 64.3 Å². The molecular formula is C32H44N6O. The predicted octanol–water partition coefficient (Wildman–Crippen LogP) is 5.12. The molecule has 2 aliphatic rings. The summed E-state index contributed by atoms with van der Waals surface area (Å²) in [7, 11) is 0. The highest BCUT2D eigenvalue weighted by molar-refractivity contribution is 5.93. The molecule has 2 fully saturated rings. The Morgan fingerprint density at radius 2 is 1.79 bits per heavy atom. The molecule has 2 aliphatic heterocycles. The summed E-state index contributed by atoms with van der Waals surface area (Å²) in [5, 5.41) is 7.97. The van der Waals surface area contributed by atoms with E-state index in [4.69, 9.17) is 4.98 Å². The molecule has 7 heteroatoms. The topological polar surface area (TPSA) is 73.4 Å². The van der Waals surface area contributed by atoms with Crippen molar-refractivity contribution in [1.29, 1.82) is 0 Å². The number of carbonyl (C=O) groups is 1. The lowest BCUT2D eigenvalue weighted by atomic mass is 10.0. The van der Waals surface area contributed by atoms with Gasteiger partial charge in [-0.05, 0) is 82.4 Å². The number of benzene rings is 1.